The Morgan fingerprint density at radius 3 is 2.35 bits per heavy atom. The van der Waals surface area contributed by atoms with Crippen LogP contribution in [0.15, 0.2) is 18.2 Å². The molecule has 1 aromatic heterocycles. The molecule has 2 rings (SSSR count). The van der Waals surface area contributed by atoms with Crippen LogP contribution in [0.5, 0.6) is 0 Å². The van der Waals surface area contributed by atoms with Crippen molar-refractivity contribution in [2.24, 2.45) is 0 Å². The Bertz CT molecular complexity index is 563. The highest BCUT2D eigenvalue weighted by Crippen LogP contribution is 2.16. The third-order valence-corrected chi connectivity index (χ3v) is 2.34. The molecule has 3 nitrogen and oxygen atoms in total. The minimum atomic E-state index is -1.21. The lowest BCUT2D eigenvalue weighted by Crippen LogP contribution is -2.08. The van der Waals surface area contributed by atoms with E-state index in [0.29, 0.717) is 17.6 Å². The van der Waals surface area contributed by atoms with Crippen molar-refractivity contribution < 1.29 is 13.2 Å². The van der Waals surface area contributed by atoms with Gasteiger partial charge >= 0.3 is 0 Å². The van der Waals surface area contributed by atoms with Crippen LogP contribution in [0.2, 0.25) is 0 Å². The van der Waals surface area contributed by atoms with Crippen LogP contribution in [0.1, 0.15) is 11.3 Å². The Labute approximate surface area is 95.7 Å². The van der Waals surface area contributed by atoms with E-state index in [1.165, 1.54) is 4.68 Å². The molecule has 0 atom stereocenters. The van der Waals surface area contributed by atoms with Gasteiger partial charge in [-0.3, -0.25) is 0 Å². The van der Waals surface area contributed by atoms with E-state index >= 15 is 0 Å². The van der Waals surface area contributed by atoms with Gasteiger partial charge in [0.25, 0.3) is 0 Å². The van der Waals surface area contributed by atoms with Gasteiger partial charge in [0, 0.05) is 17.7 Å². The Kier molecular flexibility index (Phi) is 2.79. The molecule has 0 unspecified atom stereocenters. The maximum absolute atomic E-state index is 13.4. The van der Waals surface area contributed by atoms with Gasteiger partial charge in [-0.25, -0.2) is 17.9 Å². The number of hydrogen-bond donors (Lipinski definition) is 1. The highest BCUT2D eigenvalue weighted by Gasteiger charge is 2.11. The summed E-state index contributed by atoms with van der Waals surface area (Å²) in [5, 5.41) is 4.01. The Morgan fingerprint density at radius 1 is 1.12 bits per heavy atom. The Balaban J connectivity index is 2.36. The van der Waals surface area contributed by atoms with Crippen LogP contribution >= 0.6 is 0 Å². The number of nitrogens with two attached hydrogens (primary N) is 1. The fourth-order valence-corrected chi connectivity index (χ4v) is 1.54. The third kappa shape index (κ3) is 2.25. The fraction of sp³-hybridized carbons (Fsp3) is 0.182. The zero-order valence-corrected chi connectivity index (χ0v) is 9.04. The molecule has 0 aliphatic heterocycles. The molecule has 1 heterocycles. The van der Waals surface area contributed by atoms with Gasteiger partial charge < -0.3 is 5.73 Å². The van der Waals surface area contributed by atoms with Gasteiger partial charge in [0.05, 0.1) is 12.2 Å². The maximum atomic E-state index is 13.4. The zero-order valence-electron chi connectivity index (χ0n) is 9.04. The molecule has 0 fully saturated rings. The number of anilines is 1. The molecular weight excluding hydrogens is 231 g/mol. The second kappa shape index (κ2) is 4.12. The van der Waals surface area contributed by atoms with Crippen molar-refractivity contribution in [2.45, 2.75) is 13.5 Å². The van der Waals surface area contributed by atoms with Crippen molar-refractivity contribution in [3.63, 3.8) is 0 Å². The smallest absolute Gasteiger partial charge is 0.161 e. The van der Waals surface area contributed by atoms with E-state index < -0.39 is 17.5 Å². The summed E-state index contributed by atoms with van der Waals surface area (Å²) >= 11 is 0. The number of benzene rings is 1. The van der Waals surface area contributed by atoms with Gasteiger partial charge in [-0.1, -0.05) is 0 Å². The van der Waals surface area contributed by atoms with Crippen LogP contribution in [-0.4, -0.2) is 9.78 Å². The lowest BCUT2D eigenvalue weighted by atomic mass is 10.2. The molecule has 2 N–H and O–H groups in total. The summed E-state index contributed by atoms with van der Waals surface area (Å²) in [7, 11) is 0. The van der Waals surface area contributed by atoms with Crippen molar-refractivity contribution in [3.8, 4) is 0 Å². The summed E-state index contributed by atoms with van der Waals surface area (Å²) in [6.07, 6.45) is 0. The zero-order chi connectivity index (χ0) is 12.6. The lowest BCUT2D eigenvalue weighted by molar-refractivity contribution is 0.486. The summed E-state index contributed by atoms with van der Waals surface area (Å²) in [4.78, 5) is 0. The van der Waals surface area contributed by atoms with E-state index in [4.69, 9.17) is 5.73 Å². The summed E-state index contributed by atoms with van der Waals surface area (Å²) in [5.74, 6) is -2.79. The Hall–Kier alpha value is -1.98. The first-order valence-electron chi connectivity index (χ1n) is 4.90. The predicted octanol–water partition coefficient (Wildman–Crippen LogP) is 2.24. The summed E-state index contributed by atoms with van der Waals surface area (Å²) in [6.45, 7) is 1.69. The van der Waals surface area contributed by atoms with Gasteiger partial charge in [-0.2, -0.15) is 5.10 Å². The Morgan fingerprint density at radius 2 is 1.76 bits per heavy atom. The fourth-order valence-electron chi connectivity index (χ4n) is 1.54. The van der Waals surface area contributed by atoms with Crippen molar-refractivity contribution in [2.75, 3.05) is 5.73 Å². The molecule has 90 valence electrons. The molecule has 0 radical (unpaired) electrons. The normalized spacial score (nSPS) is 10.8. The molecule has 0 aliphatic rings. The summed E-state index contributed by atoms with van der Waals surface area (Å²) < 4.78 is 40.4. The van der Waals surface area contributed by atoms with Gasteiger partial charge in [-0.15, -0.1) is 0 Å². The number of nitrogens with zero attached hydrogens (tertiary/aromatic N) is 2. The topological polar surface area (TPSA) is 43.8 Å². The molecule has 2 aromatic rings. The average Bonchev–Trinajstić information content (AvgIpc) is 2.54. The van der Waals surface area contributed by atoms with Gasteiger partial charge in [-0.05, 0) is 13.0 Å². The van der Waals surface area contributed by atoms with E-state index in [0.717, 1.165) is 6.07 Å². The minimum absolute atomic E-state index is 0.00120. The SMILES string of the molecule is Cc1cc(N)n(Cc2cc(F)c(F)cc2F)n1. The van der Waals surface area contributed by atoms with E-state index in [1.807, 2.05) is 0 Å². The number of hydrogen-bond acceptors (Lipinski definition) is 2. The molecule has 0 saturated heterocycles. The number of halogens is 3. The van der Waals surface area contributed by atoms with Crippen LogP contribution in [0, 0.1) is 24.4 Å². The lowest BCUT2D eigenvalue weighted by Gasteiger charge is -2.06. The van der Waals surface area contributed by atoms with Gasteiger partial charge in [0.15, 0.2) is 11.6 Å². The molecule has 0 spiro atoms. The molecule has 17 heavy (non-hydrogen) atoms. The van der Waals surface area contributed by atoms with Crippen LogP contribution in [0.25, 0.3) is 0 Å². The van der Waals surface area contributed by atoms with E-state index in [1.54, 1.807) is 13.0 Å². The van der Waals surface area contributed by atoms with Gasteiger partial charge in [0.1, 0.15) is 11.6 Å². The third-order valence-electron chi connectivity index (χ3n) is 2.34. The first-order valence-corrected chi connectivity index (χ1v) is 4.90. The number of nitrogen functional groups attached to an aromatic ring is 1. The predicted molar refractivity (Wildman–Crippen MR) is 56.8 cm³/mol. The molecule has 0 bridgehead atoms. The summed E-state index contributed by atoms with van der Waals surface area (Å²) in [6, 6.07) is 2.93. The van der Waals surface area contributed by atoms with E-state index in [-0.39, 0.29) is 12.1 Å². The standard InChI is InChI=1S/C11H10F3N3/c1-6-2-11(15)17(16-6)5-7-3-9(13)10(14)4-8(7)12/h2-4H,5,15H2,1H3. The van der Waals surface area contributed by atoms with Crippen molar-refractivity contribution >= 4 is 5.82 Å². The van der Waals surface area contributed by atoms with Gasteiger partial charge in [0.2, 0.25) is 0 Å². The van der Waals surface area contributed by atoms with Crippen molar-refractivity contribution in [1.82, 2.24) is 9.78 Å². The summed E-state index contributed by atoms with van der Waals surface area (Å²) in [5.41, 5.74) is 6.29. The second-order valence-corrected chi connectivity index (χ2v) is 3.73. The van der Waals surface area contributed by atoms with E-state index in [9.17, 15) is 13.2 Å². The largest absolute Gasteiger partial charge is 0.384 e. The minimum Gasteiger partial charge on any atom is -0.384 e. The molecule has 0 saturated carbocycles. The van der Waals surface area contributed by atoms with Crippen LogP contribution in [0.3, 0.4) is 0 Å². The maximum Gasteiger partial charge on any atom is 0.161 e. The van der Waals surface area contributed by atoms with Crippen LogP contribution in [-0.2, 0) is 6.54 Å². The number of rotatable bonds is 2. The highest BCUT2D eigenvalue weighted by molar-refractivity contribution is 5.32. The molecule has 6 heteroatoms. The van der Waals surface area contributed by atoms with Crippen LogP contribution in [0.4, 0.5) is 19.0 Å². The first kappa shape index (κ1) is 11.5. The molecule has 0 aliphatic carbocycles. The monoisotopic (exact) mass is 241 g/mol. The number of aryl methyl sites for hydroxylation is 1. The average molecular weight is 241 g/mol. The van der Waals surface area contributed by atoms with Crippen molar-refractivity contribution in [3.05, 3.63) is 46.9 Å². The molecule has 1 aromatic carbocycles. The molecular formula is C11H10F3N3. The van der Waals surface area contributed by atoms with Crippen molar-refractivity contribution in [1.29, 1.82) is 0 Å². The number of aromatic nitrogens is 2. The van der Waals surface area contributed by atoms with E-state index in [2.05, 4.69) is 5.10 Å². The second-order valence-electron chi connectivity index (χ2n) is 3.73. The first-order chi connectivity index (χ1) is 7.97. The highest BCUT2D eigenvalue weighted by atomic mass is 19.2. The quantitative estimate of drug-likeness (QED) is 0.819. The van der Waals surface area contributed by atoms with Crippen LogP contribution < -0.4 is 5.73 Å². The molecule has 0 amide bonds.